The molecule has 2 rings (SSSR count). The number of aryl methyl sites for hydroxylation is 1. The first-order valence-electron chi connectivity index (χ1n) is 6.05. The van der Waals surface area contributed by atoms with Gasteiger partial charge in [-0.25, -0.2) is 4.79 Å². The van der Waals surface area contributed by atoms with Crippen molar-refractivity contribution >= 4 is 17.3 Å². The summed E-state index contributed by atoms with van der Waals surface area (Å²) in [6, 6.07) is 3.47. The molecule has 0 spiro atoms. The summed E-state index contributed by atoms with van der Waals surface area (Å²) in [5, 5.41) is 7.64. The lowest BCUT2D eigenvalue weighted by atomic mass is 10.2. The highest BCUT2D eigenvalue weighted by Crippen LogP contribution is 2.19. The van der Waals surface area contributed by atoms with Crippen molar-refractivity contribution < 1.29 is 13.9 Å². The Kier molecular flexibility index (Phi) is 4.39. The van der Waals surface area contributed by atoms with E-state index in [9.17, 15) is 4.79 Å². The molecule has 102 valence electrons. The molecule has 2 aromatic rings. The van der Waals surface area contributed by atoms with Crippen LogP contribution >= 0.6 is 11.3 Å². The number of hydrogen-bond donors (Lipinski definition) is 1. The minimum Gasteiger partial charge on any atom is -0.463 e. The number of carbonyl (C=O) groups is 1. The van der Waals surface area contributed by atoms with E-state index in [-0.39, 0.29) is 11.8 Å². The van der Waals surface area contributed by atoms with Gasteiger partial charge in [0.2, 0.25) is 5.76 Å². The van der Waals surface area contributed by atoms with E-state index in [1.54, 1.807) is 23.5 Å². The Bertz CT molecular complexity index is 559. The van der Waals surface area contributed by atoms with Crippen LogP contribution in [0, 0.1) is 6.92 Å². The minimum atomic E-state index is -0.452. The molecule has 1 unspecified atom stereocenters. The van der Waals surface area contributed by atoms with Crippen LogP contribution in [0.1, 0.15) is 40.4 Å². The number of methoxy groups -OCH3 is 1. The number of furan rings is 1. The van der Waals surface area contributed by atoms with Crippen molar-refractivity contribution in [1.29, 1.82) is 0 Å². The maximum Gasteiger partial charge on any atom is 0.373 e. The molecule has 0 saturated carbocycles. The molecule has 0 amide bonds. The lowest BCUT2D eigenvalue weighted by Crippen LogP contribution is -2.17. The summed E-state index contributed by atoms with van der Waals surface area (Å²) in [6.45, 7) is 4.88. The van der Waals surface area contributed by atoms with Crippen LogP contribution in [0.5, 0.6) is 0 Å². The van der Waals surface area contributed by atoms with Gasteiger partial charge < -0.3 is 14.5 Å². The maximum atomic E-state index is 11.3. The molecule has 19 heavy (non-hydrogen) atoms. The van der Waals surface area contributed by atoms with E-state index in [1.165, 1.54) is 18.2 Å². The molecule has 0 aliphatic heterocycles. The smallest absolute Gasteiger partial charge is 0.373 e. The van der Waals surface area contributed by atoms with Gasteiger partial charge >= 0.3 is 5.97 Å². The highest BCUT2D eigenvalue weighted by Gasteiger charge is 2.15. The molecule has 1 atom stereocenters. The second-order valence-electron chi connectivity index (χ2n) is 4.38. The second kappa shape index (κ2) is 6.04. The standard InChI is InChI=1S/C14H17NO3S/c1-9-7-19-8-11(9)6-15-10(2)12-4-5-13(18-12)14(16)17-3/h4-5,7-8,10,15H,6H2,1-3H3. The third-order valence-corrected chi connectivity index (χ3v) is 3.91. The quantitative estimate of drug-likeness (QED) is 0.853. The van der Waals surface area contributed by atoms with Crippen molar-refractivity contribution in [1.82, 2.24) is 5.32 Å². The second-order valence-corrected chi connectivity index (χ2v) is 5.12. The Labute approximate surface area is 116 Å². The summed E-state index contributed by atoms with van der Waals surface area (Å²) in [7, 11) is 1.34. The van der Waals surface area contributed by atoms with Crippen LogP contribution in [0.2, 0.25) is 0 Å². The number of rotatable bonds is 5. The van der Waals surface area contributed by atoms with Crippen molar-refractivity contribution in [2.45, 2.75) is 26.4 Å². The summed E-state index contributed by atoms with van der Waals surface area (Å²) < 4.78 is 10.1. The van der Waals surface area contributed by atoms with Crippen molar-refractivity contribution in [2.75, 3.05) is 7.11 Å². The van der Waals surface area contributed by atoms with Crippen molar-refractivity contribution in [2.24, 2.45) is 0 Å². The predicted octanol–water partition coefficient (Wildman–Crippen LogP) is 3.29. The van der Waals surface area contributed by atoms with E-state index in [1.807, 2.05) is 6.92 Å². The van der Waals surface area contributed by atoms with Gasteiger partial charge in [-0.15, -0.1) is 0 Å². The molecule has 2 heterocycles. The van der Waals surface area contributed by atoms with E-state index in [0.717, 1.165) is 12.3 Å². The van der Waals surface area contributed by atoms with E-state index in [2.05, 4.69) is 27.7 Å². The van der Waals surface area contributed by atoms with Crippen LogP contribution in [0.15, 0.2) is 27.3 Å². The van der Waals surface area contributed by atoms with Crippen LogP contribution in [0.4, 0.5) is 0 Å². The third-order valence-electron chi connectivity index (χ3n) is 3.00. The van der Waals surface area contributed by atoms with Gasteiger partial charge in [0.15, 0.2) is 0 Å². The number of carbonyl (C=O) groups excluding carboxylic acids is 1. The number of ether oxygens (including phenoxy) is 1. The summed E-state index contributed by atoms with van der Waals surface area (Å²) in [4.78, 5) is 11.3. The third kappa shape index (κ3) is 3.24. The predicted molar refractivity (Wildman–Crippen MR) is 74.4 cm³/mol. The average Bonchev–Trinajstić information content (AvgIpc) is 3.04. The summed E-state index contributed by atoms with van der Waals surface area (Å²) >= 11 is 1.70. The van der Waals surface area contributed by atoms with Crippen LogP contribution in [0.25, 0.3) is 0 Å². The van der Waals surface area contributed by atoms with Crippen LogP contribution in [-0.2, 0) is 11.3 Å². The van der Waals surface area contributed by atoms with Gasteiger partial charge in [-0.1, -0.05) is 0 Å². The Balaban J connectivity index is 1.96. The zero-order chi connectivity index (χ0) is 13.8. The van der Waals surface area contributed by atoms with Gasteiger partial charge in [-0.3, -0.25) is 0 Å². The normalized spacial score (nSPS) is 12.4. The number of nitrogens with one attached hydrogen (secondary N) is 1. The van der Waals surface area contributed by atoms with Gasteiger partial charge in [0.05, 0.1) is 13.2 Å². The van der Waals surface area contributed by atoms with E-state index >= 15 is 0 Å². The zero-order valence-electron chi connectivity index (χ0n) is 11.2. The highest BCUT2D eigenvalue weighted by atomic mass is 32.1. The fourth-order valence-electron chi connectivity index (χ4n) is 1.73. The highest BCUT2D eigenvalue weighted by molar-refractivity contribution is 7.08. The van der Waals surface area contributed by atoms with Gasteiger partial charge in [0.1, 0.15) is 5.76 Å². The van der Waals surface area contributed by atoms with E-state index in [4.69, 9.17) is 4.42 Å². The molecule has 1 N–H and O–H groups in total. The molecule has 0 aliphatic carbocycles. The lowest BCUT2D eigenvalue weighted by molar-refractivity contribution is 0.0562. The van der Waals surface area contributed by atoms with Crippen molar-refractivity contribution in [3.8, 4) is 0 Å². The molecule has 0 bridgehead atoms. The van der Waals surface area contributed by atoms with Gasteiger partial charge in [0, 0.05) is 6.54 Å². The molecule has 5 heteroatoms. The number of esters is 1. The van der Waals surface area contributed by atoms with E-state index < -0.39 is 5.97 Å². The SMILES string of the molecule is COC(=O)c1ccc(C(C)NCc2cscc2C)o1. The zero-order valence-corrected chi connectivity index (χ0v) is 12.0. The lowest BCUT2D eigenvalue weighted by Gasteiger charge is -2.11. The topological polar surface area (TPSA) is 51.5 Å². The molecule has 0 aliphatic rings. The van der Waals surface area contributed by atoms with Gasteiger partial charge in [0.25, 0.3) is 0 Å². The molecular weight excluding hydrogens is 262 g/mol. The summed E-state index contributed by atoms with van der Waals surface area (Å²) in [6.07, 6.45) is 0. The number of thiophene rings is 1. The molecule has 4 nitrogen and oxygen atoms in total. The molecule has 0 aromatic carbocycles. The van der Waals surface area contributed by atoms with E-state index in [0.29, 0.717) is 0 Å². The summed E-state index contributed by atoms with van der Waals surface area (Å²) in [5.41, 5.74) is 2.58. The first-order chi connectivity index (χ1) is 9.11. The van der Waals surface area contributed by atoms with Crippen LogP contribution in [-0.4, -0.2) is 13.1 Å². The molecule has 0 fully saturated rings. The van der Waals surface area contributed by atoms with Crippen LogP contribution in [0.3, 0.4) is 0 Å². The Morgan fingerprint density at radius 2 is 2.26 bits per heavy atom. The van der Waals surface area contributed by atoms with Crippen LogP contribution < -0.4 is 5.32 Å². The largest absolute Gasteiger partial charge is 0.463 e. The first-order valence-corrected chi connectivity index (χ1v) is 6.99. The summed E-state index contributed by atoms with van der Waals surface area (Å²) in [5.74, 6) is 0.512. The van der Waals surface area contributed by atoms with Crippen molar-refractivity contribution in [3.05, 3.63) is 45.5 Å². The maximum absolute atomic E-state index is 11.3. The Morgan fingerprint density at radius 3 is 2.89 bits per heavy atom. The van der Waals surface area contributed by atoms with Gasteiger partial charge in [-0.05, 0) is 47.9 Å². The molecular formula is C14H17NO3S. The number of hydrogen-bond acceptors (Lipinski definition) is 5. The minimum absolute atomic E-state index is 0.0395. The fraction of sp³-hybridized carbons (Fsp3) is 0.357. The molecule has 2 aromatic heterocycles. The van der Waals surface area contributed by atoms with Gasteiger partial charge in [-0.2, -0.15) is 11.3 Å². The molecule has 0 saturated heterocycles. The Hall–Kier alpha value is -1.59. The average molecular weight is 279 g/mol. The Morgan fingerprint density at radius 1 is 1.47 bits per heavy atom. The molecule has 0 radical (unpaired) electrons. The first kappa shape index (κ1) is 13.8. The fourth-order valence-corrected chi connectivity index (χ4v) is 2.58. The monoisotopic (exact) mass is 279 g/mol. The van der Waals surface area contributed by atoms with Crippen molar-refractivity contribution in [3.63, 3.8) is 0 Å².